The number of halogens is 1. The van der Waals surface area contributed by atoms with Crippen molar-refractivity contribution >= 4 is 17.3 Å². The summed E-state index contributed by atoms with van der Waals surface area (Å²) >= 11 is 6.32. The summed E-state index contributed by atoms with van der Waals surface area (Å²) in [4.78, 5) is 0. The van der Waals surface area contributed by atoms with Gasteiger partial charge in [-0.1, -0.05) is 41.4 Å². The molecule has 0 bridgehead atoms. The molecule has 110 valence electrons. The largest absolute Gasteiger partial charge is 0.504 e. The number of hydrogen-bond acceptors (Lipinski definition) is 3. The van der Waals surface area contributed by atoms with Gasteiger partial charge in [0.05, 0.1) is 10.7 Å². The van der Waals surface area contributed by atoms with Crippen molar-refractivity contribution in [2.24, 2.45) is 0 Å². The van der Waals surface area contributed by atoms with E-state index >= 15 is 0 Å². The zero-order valence-corrected chi connectivity index (χ0v) is 12.7. The van der Waals surface area contributed by atoms with Gasteiger partial charge < -0.3 is 16.2 Å². The van der Waals surface area contributed by atoms with Crippen LogP contribution in [0.3, 0.4) is 0 Å². The number of nitrogens with two attached hydrogens (primary N) is 1. The highest BCUT2D eigenvalue weighted by Gasteiger charge is 2.24. The Balaban J connectivity index is 2.17. The van der Waals surface area contributed by atoms with Gasteiger partial charge in [0.2, 0.25) is 0 Å². The lowest BCUT2D eigenvalue weighted by Crippen LogP contribution is -2.21. The van der Waals surface area contributed by atoms with Crippen molar-refractivity contribution in [3.05, 3.63) is 57.6 Å². The molecular formula is C17H19ClN2O. The Bertz CT molecular complexity index is 685. The topological polar surface area (TPSA) is 58.3 Å². The van der Waals surface area contributed by atoms with Crippen LogP contribution >= 0.6 is 11.6 Å². The summed E-state index contributed by atoms with van der Waals surface area (Å²) in [6.45, 7) is 3.78. The maximum atomic E-state index is 9.98. The third-order valence-corrected chi connectivity index (χ3v) is 4.53. The molecule has 1 atom stereocenters. The van der Waals surface area contributed by atoms with Crippen molar-refractivity contribution in [3.63, 3.8) is 0 Å². The van der Waals surface area contributed by atoms with Crippen LogP contribution in [0, 0.1) is 6.92 Å². The summed E-state index contributed by atoms with van der Waals surface area (Å²) in [6.07, 6.45) is 0.796. The molecule has 2 aromatic carbocycles. The molecule has 21 heavy (non-hydrogen) atoms. The minimum absolute atomic E-state index is 0.000286. The van der Waals surface area contributed by atoms with Crippen LogP contribution in [0.4, 0.5) is 5.69 Å². The van der Waals surface area contributed by atoms with E-state index in [1.807, 2.05) is 6.07 Å². The van der Waals surface area contributed by atoms with Crippen LogP contribution in [0.15, 0.2) is 30.3 Å². The van der Waals surface area contributed by atoms with Gasteiger partial charge >= 0.3 is 0 Å². The van der Waals surface area contributed by atoms with E-state index in [1.54, 1.807) is 0 Å². The highest BCUT2D eigenvalue weighted by molar-refractivity contribution is 6.33. The van der Waals surface area contributed by atoms with Crippen molar-refractivity contribution in [2.75, 3.05) is 18.8 Å². The number of benzene rings is 2. The summed E-state index contributed by atoms with van der Waals surface area (Å²) in [6, 6.07) is 10.4. The van der Waals surface area contributed by atoms with Gasteiger partial charge in [0.15, 0.2) is 5.75 Å². The molecule has 0 spiro atoms. The third-order valence-electron chi connectivity index (χ3n) is 4.13. The predicted octanol–water partition coefficient (Wildman–Crippen LogP) is 3.21. The zero-order valence-electron chi connectivity index (χ0n) is 12.0. The normalized spacial score (nSPS) is 18.1. The smallest absolute Gasteiger partial charge is 0.157 e. The number of phenolic OH excluding ortho intramolecular Hbond substituents is 1. The van der Waals surface area contributed by atoms with Crippen LogP contribution in [-0.4, -0.2) is 18.2 Å². The molecule has 1 heterocycles. The van der Waals surface area contributed by atoms with Crippen LogP contribution in [0.2, 0.25) is 5.02 Å². The second-order valence-electron chi connectivity index (χ2n) is 5.62. The predicted molar refractivity (Wildman–Crippen MR) is 87.1 cm³/mol. The van der Waals surface area contributed by atoms with Crippen molar-refractivity contribution in [1.82, 2.24) is 5.32 Å². The minimum atomic E-state index is 0.000286. The maximum Gasteiger partial charge on any atom is 0.157 e. The minimum Gasteiger partial charge on any atom is -0.504 e. The monoisotopic (exact) mass is 302 g/mol. The van der Waals surface area contributed by atoms with Gasteiger partial charge in [-0.3, -0.25) is 0 Å². The zero-order chi connectivity index (χ0) is 15.0. The number of anilines is 1. The number of phenols is 1. The maximum absolute atomic E-state index is 9.98. The second-order valence-corrected chi connectivity index (χ2v) is 5.99. The molecule has 0 radical (unpaired) electrons. The van der Waals surface area contributed by atoms with Crippen LogP contribution in [-0.2, 0) is 6.42 Å². The average Bonchev–Trinajstić information content (AvgIpc) is 2.67. The summed E-state index contributed by atoms with van der Waals surface area (Å²) in [5.74, 6) is 0.197. The lowest BCUT2D eigenvalue weighted by Gasteiger charge is -2.20. The first kappa shape index (κ1) is 14.2. The van der Waals surface area contributed by atoms with E-state index < -0.39 is 0 Å². The molecule has 1 aliphatic heterocycles. The number of nitrogens with one attached hydrogen (secondary N) is 1. The third kappa shape index (κ3) is 2.59. The molecule has 0 fully saturated rings. The molecule has 1 aliphatic rings. The fraction of sp³-hybridized carbons (Fsp3) is 0.294. The molecule has 4 heteroatoms. The molecule has 0 amide bonds. The van der Waals surface area contributed by atoms with Crippen LogP contribution in [0.25, 0.3) is 0 Å². The van der Waals surface area contributed by atoms with Gasteiger partial charge in [0.1, 0.15) is 0 Å². The first-order valence-electron chi connectivity index (χ1n) is 7.15. The molecule has 0 aromatic heterocycles. The van der Waals surface area contributed by atoms with Gasteiger partial charge in [0.25, 0.3) is 0 Å². The highest BCUT2D eigenvalue weighted by Crippen LogP contribution is 2.41. The summed E-state index contributed by atoms with van der Waals surface area (Å²) in [7, 11) is 0. The van der Waals surface area contributed by atoms with Crippen LogP contribution in [0.1, 0.15) is 28.2 Å². The van der Waals surface area contributed by atoms with Gasteiger partial charge in [-0.25, -0.2) is 0 Å². The van der Waals surface area contributed by atoms with E-state index in [4.69, 9.17) is 17.3 Å². The Hall–Kier alpha value is -1.71. The Morgan fingerprint density at radius 3 is 2.90 bits per heavy atom. The molecule has 0 saturated heterocycles. The number of aromatic hydroxyl groups is 1. The molecule has 3 rings (SSSR count). The quantitative estimate of drug-likeness (QED) is 0.560. The summed E-state index contributed by atoms with van der Waals surface area (Å²) in [5.41, 5.74) is 10.8. The Kier molecular flexibility index (Phi) is 3.79. The van der Waals surface area contributed by atoms with E-state index in [0.717, 1.165) is 30.6 Å². The van der Waals surface area contributed by atoms with Crippen molar-refractivity contribution in [2.45, 2.75) is 19.3 Å². The lowest BCUT2D eigenvalue weighted by atomic mass is 9.87. The van der Waals surface area contributed by atoms with E-state index in [0.29, 0.717) is 10.7 Å². The average molecular weight is 303 g/mol. The SMILES string of the molecule is Cc1cccc(C2CNCCc3c2cc(N)c(O)c3Cl)c1. The fourth-order valence-corrected chi connectivity index (χ4v) is 3.35. The number of aryl methyl sites for hydroxylation is 1. The second kappa shape index (κ2) is 5.58. The van der Waals surface area contributed by atoms with Crippen molar-refractivity contribution in [3.8, 4) is 5.75 Å². The molecule has 4 N–H and O–H groups in total. The molecular weight excluding hydrogens is 284 g/mol. The summed E-state index contributed by atoms with van der Waals surface area (Å²) in [5, 5.41) is 13.8. The lowest BCUT2D eigenvalue weighted by molar-refractivity contribution is 0.477. The molecule has 0 saturated carbocycles. The van der Waals surface area contributed by atoms with E-state index in [2.05, 4.69) is 36.5 Å². The van der Waals surface area contributed by atoms with Gasteiger partial charge in [-0.2, -0.15) is 0 Å². The fourth-order valence-electron chi connectivity index (χ4n) is 3.04. The van der Waals surface area contributed by atoms with Crippen LogP contribution in [0.5, 0.6) is 5.75 Å². The molecule has 1 unspecified atom stereocenters. The first-order chi connectivity index (χ1) is 10.1. The summed E-state index contributed by atoms with van der Waals surface area (Å²) < 4.78 is 0. The van der Waals surface area contributed by atoms with Crippen molar-refractivity contribution < 1.29 is 5.11 Å². The van der Waals surface area contributed by atoms with Crippen LogP contribution < -0.4 is 11.1 Å². The van der Waals surface area contributed by atoms with E-state index in [1.165, 1.54) is 11.1 Å². The standard InChI is InChI=1S/C17H19ClN2O/c1-10-3-2-4-11(7-10)14-9-20-6-5-12-13(14)8-15(19)17(21)16(12)18/h2-4,7-8,14,20-21H,5-6,9,19H2,1H3. The number of hydrogen-bond donors (Lipinski definition) is 3. The first-order valence-corrected chi connectivity index (χ1v) is 7.52. The number of fused-ring (bicyclic) bond motifs is 1. The van der Waals surface area contributed by atoms with Crippen molar-refractivity contribution in [1.29, 1.82) is 0 Å². The highest BCUT2D eigenvalue weighted by atomic mass is 35.5. The molecule has 0 aliphatic carbocycles. The van der Waals surface area contributed by atoms with Gasteiger partial charge in [-0.05, 0) is 42.6 Å². The Morgan fingerprint density at radius 1 is 1.33 bits per heavy atom. The molecule has 3 nitrogen and oxygen atoms in total. The number of nitrogen functional groups attached to an aromatic ring is 1. The number of rotatable bonds is 1. The molecule has 2 aromatic rings. The Morgan fingerprint density at radius 2 is 2.14 bits per heavy atom. The van der Waals surface area contributed by atoms with Gasteiger partial charge in [0, 0.05) is 12.5 Å². The Labute approximate surface area is 129 Å². The van der Waals surface area contributed by atoms with Gasteiger partial charge in [-0.15, -0.1) is 0 Å². The van der Waals surface area contributed by atoms with E-state index in [9.17, 15) is 5.11 Å². The van der Waals surface area contributed by atoms with E-state index in [-0.39, 0.29) is 11.7 Å².